The maximum absolute atomic E-state index is 14.1. The van der Waals surface area contributed by atoms with Gasteiger partial charge in [0.05, 0.1) is 24.3 Å². The van der Waals surface area contributed by atoms with Crippen LogP contribution in [-0.2, 0) is 23.9 Å². The number of aliphatic hydroxyl groups excluding tert-OH is 1. The lowest BCUT2D eigenvalue weighted by Gasteiger charge is -2.41. The Hall–Kier alpha value is -3.38. The number of aliphatic hydroxyl groups is 1. The summed E-state index contributed by atoms with van der Waals surface area (Å²) in [5.41, 5.74) is 0.174. The lowest BCUT2D eigenvalue weighted by Crippen LogP contribution is -2.59. The number of nitrogens with zero attached hydrogens (tertiary/aromatic N) is 3. The first-order chi connectivity index (χ1) is 18.8. The fraction of sp³-hybridized carbons (Fsp3) is 0.643. The summed E-state index contributed by atoms with van der Waals surface area (Å²) < 4.78 is 16.7. The second kappa shape index (κ2) is 11.6. The Morgan fingerprint density at radius 3 is 2.42 bits per heavy atom. The Balaban J connectivity index is 1.65. The third kappa shape index (κ3) is 6.33. The second-order valence-corrected chi connectivity index (χ2v) is 11.5. The summed E-state index contributed by atoms with van der Waals surface area (Å²) in [6.07, 6.45) is -1.47. The van der Waals surface area contributed by atoms with Crippen molar-refractivity contribution >= 4 is 35.3 Å². The van der Waals surface area contributed by atoms with Crippen LogP contribution in [0.4, 0.5) is 16.2 Å². The Kier molecular flexibility index (Phi) is 8.60. The summed E-state index contributed by atoms with van der Waals surface area (Å²) in [5, 5.41) is 20.8. The highest BCUT2D eigenvalue weighted by Crippen LogP contribution is 2.41. The van der Waals surface area contributed by atoms with Gasteiger partial charge in [-0.2, -0.15) is 0 Å². The van der Waals surface area contributed by atoms with E-state index in [0.717, 1.165) is 12.8 Å². The van der Waals surface area contributed by atoms with E-state index in [0.29, 0.717) is 36.9 Å². The zero-order valence-electron chi connectivity index (χ0n) is 23.7. The van der Waals surface area contributed by atoms with Crippen molar-refractivity contribution in [3.8, 4) is 5.75 Å². The number of rotatable bonds is 8. The summed E-state index contributed by atoms with van der Waals surface area (Å²) in [6, 6.07) is 4.97. The van der Waals surface area contributed by atoms with Crippen LogP contribution >= 0.6 is 0 Å². The number of piperidine rings is 1. The van der Waals surface area contributed by atoms with Gasteiger partial charge < -0.3 is 39.1 Å². The molecule has 0 aromatic heterocycles. The van der Waals surface area contributed by atoms with Gasteiger partial charge in [-0.3, -0.25) is 14.4 Å². The first-order valence-electron chi connectivity index (χ1n) is 13.7. The lowest BCUT2D eigenvalue weighted by atomic mass is 9.85. The van der Waals surface area contributed by atoms with E-state index in [-0.39, 0.29) is 25.0 Å². The summed E-state index contributed by atoms with van der Waals surface area (Å²) in [7, 11) is 0. The molecule has 1 aromatic rings. The van der Waals surface area contributed by atoms with Crippen LogP contribution in [0.5, 0.6) is 5.75 Å². The standard InChI is InChI=1S/C28H39N3O9/c1-6-38-12-11-30-21-13-18(9-10-22(21)39-16(2)24(30)33)31(17-7-8-17)25(34)19-14-29(27(37)40-28(3,4)5)15-20(23(19)32)26(35)36/h9-10,13,16-17,19-20,23,32H,6-8,11-12,14-15H2,1-5H3,(H,35,36)/t16?,19-,20+,23-/m0/s1. The van der Waals surface area contributed by atoms with Crippen molar-refractivity contribution in [1.82, 2.24) is 4.90 Å². The second-order valence-electron chi connectivity index (χ2n) is 11.5. The van der Waals surface area contributed by atoms with Crippen molar-refractivity contribution in [3.05, 3.63) is 18.2 Å². The van der Waals surface area contributed by atoms with Gasteiger partial charge in [-0.25, -0.2) is 4.79 Å². The number of likely N-dealkylation sites (tertiary alicyclic amines) is 1. The van der Waals surface area contributed by atoms with Gasteiger partial charge in [-0.05, 0) is 65.7 Å². The minimum atomic E-state index is -1.50. The fourth-order valence-corrected chi connectivity index (χ4v) is 5.08. The first kappa shape index (κ1) is 29.6. The number of ether oxygens (including phenoxy) is 3. The zero-order chi connectivity index (χ0) is 29.4. The van der Waals surface area contributed by atoms with E-state index >= 15 is 0 Å². The lowest BCUT2D eigenvalue weighted by molar-refractivity contribution is -0.153. The minimum Gasteiger partial charge on any atom is -0.481 e. The third-order valence-corrected chi connectivity index (χ3v) is 7.19. The summed E-state index contributed by atoms with van der Waals surface area (Å²) >= 11 is 0. The zero-order valence-corrected chi connectivity index (χ0v) is 23.7. The molecule has 2 N–H and O–H groups in total. The van der Waals surface area contributed by atoms with Crippen LogP contribution in [0.15, 0.2) is 18.2 Å². The van der Waals surface area contributed by atoms with E-state index in [1.165, 1.54) is 4.90 Å². The SMILES string of the molecule is CCOCCN1C(=O)C(C)Oc2ccc(N(C(=O)[C@H]3CN(C(=O)OC(C)(C)C)C[C@@H](C(=O)O)[C@H]3O)C3CC3)cc21. The number of carboxylic acids is 1. The largest absolute Gasteiger partial charge is 0.481 e. The monoisotopic (exact) mass is 561 g/mol. The van der Waals surface area contributed by atoms with Gasteiger partial charge in [0.1, 0.15) is 17.3 Å². The van der Waals surface area contributed by atoms with Crippen LogP contribution in [0.25, 0.3) is 0 Å². The molecule has 4 atom stereocenters. The average Bonchev–Trinajstić information content (AvgIpc) is 3.70. The molecule has 2 aliphatic heterocycles. The molecular formula is C28H39N3O9. The molecule has 0 bridgehead atoms. The Morgan fingerprint density at radius 1 is 1.15 bits per heavy atom. The van der Waals surface area contributed by atoms with Crippen molar-refractivity contribution in [3.63, 3.8) is 0 Å². The van der Waals surface area contributed by atoms with Gasteiger partial charge in [0.2, 0.25) is 5.91 Å². The molecule has 2 heterocycles. The first-order valence-corrected chi connectivity index (χ1v) is 13.7. The van der Waals surface area contributed by atoms with Crippen molar-refractivity contribution < 1.29 is 43.6 Å². The van der Waals surface area contributed by atoms with Crippen LogP contribution in [0.1, 0.15) is 47.5 Å². The molecule has 3 amide bonds. The van der Waals surface area contributed by atoms with Crippen molar-refractivity contribution in [2.75, 3.05) is 42.6 Å². The molecule has 2 fully saturated rings. The molecule has 1 saturated carbocycles. The highest BCUT2D eigenvalue weighted by molar-refractivity contribution is 6.02. The van der Waals surface area contributed by atoms with Gasteiger partial charge in [0, 0.05) is 38.0 Å². The number of carbonyl (C=O) groups excluding carboxylic acids is 3. The maximum atomic E-state index is 14.1. The van der Waals surface area contributed by atoms with Crippen LogP contribution in [0.2, 0.25) is 0 Å². The molecule has 1 unspecified atom stereocenters. The minimum absolute atomic E-state index is 0.158. The van der Waals surface area contributed by atoms with E-state index in [9.17, 15) is 29.4 Å². The molecule has 12 heteroatoms. The number of carboxylic acid groups (broad SMARTS) is 1. The van der Waals surface area contributed by atoms with Crippen LogP contribution < -0.4 is 14.5 Å². The van der Waals surface area contributed by atoms with E-state index < -0.39 is 47.6 Å². The molecule has 4 rings (SSSR count). The average molecular weight is 562 g/mol. The molecule has 1 aromatic carbocycles. The smallest absolute Gasteiger partial charge is 0.410 e. The predicted octanol–water partition coefficient (Wildman–Crippen LogP) is 2.26. The summed E-state index contributed by atoms with van der Waals surface area (Å²) in [5.74, 6) is -4.08. The summed E-state index contributed by atoms with van der Waals surface area (Å²) in [6.45, 7) is 9.30. The van der Waals surface area contributed by atoms with Crippen molar-refractivity contribution in [2.45, 2.75) is 71.3 Å². The Labute approximate surface area is 233 Å². The number of hydrogen-bond donors (Lipinski definition) is 2. The molecule has 40 heavy (non-hydrogen) atoms. The van der Waals surface area contributed by atoms with Crippen LogP contribution in [-0.4, -0.2) is 95.7 Å². The number of carbonyl (C=O) groups is 4. The fourth-order valence-electron chi connectivity index (χ4n) is 5.08. The maximum Gasteiger partial charge on any atom is 0.410 e. The van der Waals surface area contributed by atoms with E-state index in [1.807, 2.05) is 6.92 Å². The Morgan fingerprint density at radius 2 is 1.82 bits per heavy atom. The molecule has 12 nitrogen and oxygen atoms in total. The highest BCUT2D eigenvalue weighted by Gasteiger charge is 2.49. The number of anilines is 2. The Bertz CT molecular complexity index is 1150. The van der Waals surface area contributed by atoms with Gasteiger partial charge in [-0.15, -0.1) is 0 Å². The van der Waals surface area contributed by atoms with E-state index in [1.54, 1.807) is 55.7 Å². The third-order valence-electron chi connectivity index (χ3n) is 7.19. The molecule has 1 saturated heterocycles. The van der Waals surface area contributed by atoms with Crippen LogP contribution in [0, 0.1) is 11.8 Å². The van der Waals surface area contributed by atoms with E-state index in [4.69, 9.17) is 14.2 Å². The molecule has 0 radical (unpaired) electrons. The normalized spacial score (nSPS) is 24.7. The molecule has 1 aliphatic carbocycles. The number of aliphatic carboxylic acids is 1. The van der Waals surface area contributed by atoms with Crippen molar-refractivity contribution in [1.29, 1.82) is 0 Å². The van der Waals surface area contributed by atoms with Gasteiger partial charge in [0.25, 0.3) is 5.91 Å². The number of amides is 3. The molecule has 0 spiro atoms. The van der Waals surface area contributed by atoms with Gasteiger partial charge >= 0.3 is 12.1 Å². The summed E-state index contributed by atoms with van der Waals surface area (Å²) in [4.78, 5) is 56.2. The predicted molar refractivity (Wildman–Crippen MR) is 144 cm³/mol. The molecule has 220 valence electrons. The van der Waals surface area contributed by atoms with Crippen molar-refractivity contribution in [2.24, 2.45) is 11.8 Å². The highest BCUT2D eigenvalue weighted by atomic mass is 16.6. The molecular weight excluding hydrogens is 522 g/mol. The van der Waals surface area contributed by atoms with Gasteiger partial charge in [-0.1, -0.05) is 0 Å². The van der Waals surface area contributed by atoms with Crippen LogP contribution in [0.3, 0.4) is 0 Å². The number of hydrogen-bond acceptors (Lipinski definition) is 8. The topological polar surface area (TPSA) is 146 Å². The van der Waals surface area contributed by atoms with E-state index in [2.05, 4.69) is 0 Å². The van der Waals surface area contributed by atoms with Gasteiger partial charge in [0.15, 0.2) is 6.10 Å². The molecule has 3 aliphatic rings. The quantitative estimate of drug-likeness (QED) is 0.456. The number of fused-ring (bicyclic) bond motifs is 1. The number of benzene rings is 1.